The molecule has 1 aromatic rings. The second-order valence-corrected chi connectivity index (χ2v) is 12.6. The van der Waals surface area contributed by atoms with Gasteiger partial charge in [-0.05, 0) is 18.1 Å². The lowest BCUT2D eigenvalue weighted by Crippen LogP contribution is -2.46. The number of carbonyl (C=O) groups excluding carboxylic acids is 1. The maximum atomic E-state index is 12.1. The number of rotatable bonds is 5. The first-order valence-corrected chi connectivity index (χ1v) is 11.1. The topological polar surface area (TPSA) is 111 Å². The molecule has 2 N–H and O–H groups in total. The minimum absolute atomic E-state index is 0.0381. The third kappa shape index (κ3) is 4.00. The smallest absolute Gasteiger partial charge is 0.330 e. The van der Waals surface area contributed by atoms with Crippen molar-refractivity contribution < 1.29 is 19.1 Å². The van der Waals surface area contributed by atoms with Crippen LogP contribution in [0.4, 0.5) is 0 Å². The van der Waals surface area contributed by atoms with Gasteiger partial charge in [-0.2, -0.15) is 0 Å². The van der Waals surface area contributed by atoms with Gasteiger partial charge in [-0.15, -0.1) is 0 Å². The fraction of sp³-hybridized carbons (Fsp3) is 0.688. The van der Waals surface area contributed by atoms with E-state index < -0.39 is 44.6 Å². The number of hydrogen-bond donors (Lipinski definition) is 2. The van der Waals surface area contributed by atoms with E-state index >= 15 is 0 Å². The molecule has 8 nitrogen and oxygen atoms in total. The molecule has 0 aromatic carbocycles. The van der Waals surface area contributed by atoms with Crippen molar-refractivity contribution in [1.82, 2.24) is 9.55 Å². The Hall–Kier alpha value is -1.55. The Morgan fingerprint density at radius 1 is 1.44 bits per heavy atom. The van der Waals surface area contributed by atoms with Crippen molar-refractivity contribution in [2.75, 3.05) is 0 Å². The summed E-state index contributed by atoms with van der Waals surface area (Å²) < 4.78 is 13.2. The van der Waals surface area contributed by atoms with Crippen LogP contribution < -0.4 is 11.2 Å². The standard InChI is InChI=1S/C16H26N2O6Si/c1-16(2,3)25(4,5)24-11-7-14(23-12(11)9-20)18-10(8-19)6-13(21)17-15(18)22/h6,9,11-12,14,19H,7-8H2,1-5H3,(H,17,21,22)/t11-,12+,14+/m0/s1. The minimum atomic E-state index is -2.14. The van der Waals surface area contributed by atoms with Crippen molar-refractivity contribution in [3.63, 3.8) is 0 Å². The van der Waals surface area contributed by atoms with E-state index in [4.69, 9.17) is 9.16 Å². The largest absolute Gasteiger partial charge is 0.411 e. The summed E-state index contributed by atoms with van der Waals surface area (Å²) in [5, 5.41) is 9.41. The summed E-state index contributed by atoms with van der Waals surface area (Å²) in [5.74, 6) is 0. The van der Waals surface area contributed by atoms with E-state index in [0.29, 0.717) is 6.29 Å². The van der Waals surface area contributed by atoms with E-state index in [0.717, 1.165) is 6.07 Å². The molecule has 3 atom stereocenters. The van der Waals surface area contributed by atoms with Crippen LogP contribution in [-0.2, 0) is 20.6 Å². The zero-order valence-corrected chi connectivity index (χ0v) is 16.2. The van der Waals surface area contributed by atoms with E-state index in [1.807, 2.05) is 0 Å². The van der Waals surface area contributed by atoms with Gasteiger partial charge in [0.15, 0.2) is 14.6 Å². The summed E-state index contributed by atoms with van der Waals surface area (Å²) in [6.45, 7) is 9.95. The lowest BCUT2D eigenvalue weighted by Gasteiger charge is -2.38. The number of aromatic nitrogens is 2. The number of aromatic amines is 1. The zero-order valence-electron chi connectivity index (χ0n) is 15.2. The van der Waals surface area contributed by atoms with Crippen LogP contribution in [0, 0.1) is 0 Å². The first-order valence-electron chi connectivity index (χ1n) is 8.24. The van der Waals surface area contributed by atoms with Crippen molar-refractivity contribution in [3.05, 3.63) is 32.6 Å². The number of nitrogens with zero attached hydrogens (tertiary/aromatic N) is 1. The van der Waals surface area contributed by atoms with Crippen molar-refractivity contribution in [1.29, 1.82) is 0 Å². The Balaban J connectivity index is 2.33. The molecule has 0 saturated carbocycles. The Kier molecular flexibility index (Phi) is 5.52. The molecule has 1 aromatic heterocycles. The summed E-state index contributed by atoms with van der Waals surface area (Å²) in [5.41, 5.74) is -1.14. The quantitative estimate of drug-likeness (QED) is 0.589. The Morgan fingerprint density at radius 2 is 2.08 bits per heavy atom. The van der Waals surface area contributed by atoms with Gasteiger partial charge in [0, 0.05) is 12.5 Å². The van der Waals surface area contributed by atoms with Crippen molar-refractivity contribution in [2.24, 2.45) is 0 Å². The first kappa shape index (κ1) is 19.8. The van der Waals surface area contributed by atoms with E-state index in [-0.39, 0.29) is 17.2 Å². The molecule has 1 aliphatic rings. The van der Waals surface area contributed by atoms with Crippen LogP contribution in [0.3, 0.4) is 0 Å². The predicted molar refractivity (Wildman–Crippen MR) is 93.9 cm³/mol. The van der Waals surface area contributed by atoms with Crippen LogP contribution in [0.15, 0.2) is 15.7 Å². The van der Waals surface area contributed by atoms with Gasteiger partial charge in [-0.1, -0.05) is 20.8 Å². The second kappa shape index (κ2) is 6.98. The van der Waals surface area contributed by atoms with Gasteiger partial charge in [0.05, 0.1) is 18.4 Å². The minimum Gasteiger partial charge on any atom is -0.411 e. The van der Waals surface area contributed by atoms with E-state index in [1.54, 1.807) is 0 Å². The molecule has 0 unspecified atom stereocenters. The van der Waals surface area contributed by atoms with E-state index in [9.17, 15) is 19.5 Å². The number of hydrogen-bond acceptors (Lipinski definition) is 6. The maximum Gasteiger partial charge on any atom is 0.330 e. The summed E-state index contributed by atoms with van der Waals surface area (Å²) in [6, 6.07) is 1.14. The highest BCUT2D eigenvalue weighted by atomic mass is 28.4. The molecule has 0 aliphatic carbocycles. The summed E-state index contributed by atoms with van der Waals surface area (Å²) in [4.78, 5) is 37.2. The first-order chi connectivity index (χ1) is 11.5. The highest BCUT2D eigenvalue weighted by Gasteiger charge is 2.45. The highest BCUT2D eigenvalue weighted by Crippen LogP contribution is 2.40. The molecular formula is C16H26N2O6Si. The Morgan fingerprint density at radius 3 is 2.60 bits per heavy atom. The fourth-order valence-electron chi connectivity index (χ4n) is 2.60. The molecule has 2 heterocycles. The predicted octanol–water partition coefficient (Wildman–Crippen LogP) is 0.906. The number of carbonyl (C=O) groups is 1. The normalized spacial score (nSPS) is 24.5. The number of aliphatic hydroxyl groups excluding tert-OH is 1. The number of H-pyrrole nitrogens is 1. The molecule has 0 amide bonds. The van der Waals surface area contributed by atoms with Crippen LogP contribution in [0.1, 0.15) is 39.1 Å². The lowest BCUT2D eigenvalue weighted by atomic mass is 10.2. The summed E-state index contributed by atoms with van der Waals surface area (Å²) >= 11 is 0. The summed E-state index contributed by atoms with van der Waals surface area (Å²) in [6.07, 6.45) is -1.10. The third-order valence-corrected chi connectivity index (χ3v) is 9.51. The van der Waals surface area contributed by atoms with Crippen LogP contribution >= 0.6 is 0 Å². The maximum absolute atomic E-state index is 12.1. The number of nitrogens with one attached hydrogen (secondary N) is 1. The molecule has 25 heavy (non-hydrogen) atoms. The van der Waals surface area contributed by atoms with Gasteiger partial charge in [-0.3, -0.25) is 14.3 Å². The van der Waals surface area contributed by atoms with Crippen LogP contribution in [0.25, 0.3) is 0 Å². The van der Waals surface area contributed by atoms with E-state index in [1.165, 1.54) is 4.57 Å². The summed E-state index contributed by atoms with van der Waals surface area (Å²) in [7, 11) is -2.14. The van der Waals surface area contributed by atoms with Gasteiger partial charge in [0.25, 0.3) is 5.56 Å². The molecule has 2 rings (SSSR count). The Bertz CT molecular complexity index is 748. The molecular weight excluding hydrogens is 344 g/mol. The van der Waals surface area contributed by atoms with Crippen LogP contribution in [-0.4, -0.2) is 41.5 Å². The van der Waals surface area contributed by atoms with Gasteiger partial charge >= 0.3 is 5.69 Å². The third-order valence-electron chi connectivity index (χ3n) is 5.01. The van der Waals surface area contributed by atoms with Crippen molar-refractivity contribution in [3.8, 4) is 0 Å². The van der Waals surface area contributed by atoms with Gasteiger partial charge < -0.3 is 19.1 Å². The molecule has 1 aliphatic heterocycles. The monoisotopic (exact) mass is 370 g/mol. The number of aliphatic hydroxyl groups is 1. The highest BCUT2D eigenvalue weighted by molar-refractivity contribution is 6.74. The molecule has 0 bridgehead atoms. The molecule has 1 saturated heterocycles. The molecule has 9 heteroatoms. The zero-order chi connectivity index (χ0) is 19.0. The second-order valence-electron chi connectivity index (χ2n) is 7.80. The molecule has 140 valence electrons. The van der Waals surface area contributed by atoms with Crippen molar-refractivity contribution in [2.45, 2.75) is 70.4 Å². The number of ether oxygens (including phenoxy) is 1. The van der Waals surface area contributed by atoms with Gasteiger partial charge in [0.2, 0.25) is 0 Å². The van der Waals surface area contributed by atoms with Crippen molar-refractivity contribution >= 4 is 14.6 Å². The average molecular weight is 370 g/mol. The molecule has 1 fully saturated rings. The fourth-order valence-corrected chi connectivity index (χ4v) is 3.95. The average Bonchev–Trinajstić information content (AvgIpc) is 2.86. The SMILES string of the molecule is CC(C)(C)[Si](C)(C)O[C@H]1C[C@H](n2c(CO)cc(=O)[nH]c2=O)O[C@@H]1C=O. The Labute approximate surface area is 146 Å². The van der Waals surface area contributed by atoms with Gasteiger partial charge in [0.1, 0.15) is 12.3 Å². The van der Waals surface area contributed by atoms with Crippen LogP contribution in [0.2, 0.25) is 18.1 Å². The molecule has 0 spiro atoms. The number of aldehydes is 1. The van der Waals surface area contributed by atoms with E-state index in [2.05, 4.69) is 38.8 Å². The molecule has 0 radical (unpaired) electrons. The van der Waals surface area contributed by atoms with Gasteiger partial charge in [-0.25, -0.2) is 4.79 Å². The lowest BCUT2D eigenvalue weighted by molar-refractivity contribution is -0.122. The van der Waals surface area contributed by atoms with Crippen LogP contribution in [0.5, 0.6) is 0 Å².